The third-order valence-corrected chi connectivity index (χ3v) is 2.92. The van der Waals surface area contributed by atoms with Crippen molar-refractivity contribution in [2.45, 2.75) is 26.7 Å². The first-order chi connectivity index (χ1) is 9.06. The van der Waals surface area contributed by atoms with Crippen LogP contribution < -0.4 is 10.2 Å². The molecule has 1 aromatic rings. The Morgan fingerprint density at radius 2 is 1.84 bits per heavy atom. The molecule has 0 aliphatic heterocycles. The van der Waals surface area contributed by atoms with Crippen LogP contribution in [0.1, 0.15) is 26.1 Å². The van der Waals surface area contributed by atoms with Gasteiger partial charge in [0.1, 0.15) is 17.5 Å². The lowest BCUT2D eigenvalue weighted by atomic mass is 10.3. The normalized spacial score (nSPS) is 10.8. The van der Waals surface area contributed by atoms with Crippen molar-refractivity contribution in [3.05, 3.63) is 11.9 Å². The average Bonchev–Trinajstić information content (AvgIpc) is 2.38. The van der Waals surface area contributed by atoms with Gasteiger partial charge < -0.3 is 15.1 Å². The van der Waals surface area contributed by atoms with Crippen LogP contribution in [0.2, 0.25) is 0 Å². The van der Waals surface area contributed by atoms with Gasteiger partial charge in [-0.15, -0.1) is 0 Å². The Morgan fingerprint density at radius 1 is 1.11 bits per heavy atom. The minimum Gasteiger partial charge on any atom is -0.370 e. The Labute approximate surface area is 117 Å². The van der Waals surface area contributed by atoms with Crippen molar-refractivity contribution in [1.82, 2.24) is 14.9 Å². The van der Waals surface area contributed by atoms with Crippen LogP contribution in [0, 0.1) is 0 Å². The van der Waals surface area contributed by atoms with E-state index in [9.17, 15) is 0 Å². The molecule has 0 aromatic carbocycles. The maximum Gasteiger partial charge on any atom is 0.134 e. The van der Waals surface area contributed by atoms with Crippen molar-refractivity contribution in [2.24, 2.45) is 0 Å². The zero-order valence-corrected chi connectivity index (χ0v) is 12.9. The molecule has 5 heteroatoms. The van der Waals surface area contributed by atoms with Gasteiger partial charge in [-0.3, -0.25) is 0 Å². The summed E-state index contributed by atoms with van der Waals surface area (Å²) in [7, 11) is 6.29. The first-order valence-electron chi connectivity index (χ1n) is 7.04. The summed E-state index contributed by atoms with van der Waals surface area (Å²) in [6.07, 6.45) is 1.99. The molecule has 108 valence electrons. The number of anilines is 2. The van der Waals surface area contributed by atoms with Crippen LogP contribution in [0.25, 0.3) is 0 Å². The Kier molecular flexibility index (Phi) is 6.56. The lowest BCUT2D eigenvalue weighted by Crippen LogP contribution is -2.24. The number of aromatic nitrogens is 2. The summed E-state index contributed by atoms with van der Waals surface area (Å²) < 4.78 is 0. The monoisotopic (exact) mass is 265 g/mol. The predicted octanol–water partition coefficient (Wildman–Crippen LogP) is 1.86. The van der Waals surface area contributed by atoms with Crippen LogP contribution in [0.5, 0.6) is 0 Å². The maximum absolute atomic E-state index is 4.59. The van der Waals surface area contributed by atoms with E-state index >= 15 is 0 Å². The van der Waals surface area contributed by atoms with Crippen LogP contribution in [0.4, 0.5) is 11.6 Å². The molecule has 0 atom stereocenters. The molecule has 0 saturated heterocycles. The van der Waals surface area contributed by atoms with E-state index in [-0.39, 0.29) is 0 Å². The molecule has 0 radical (unpaired) electrons. The average molecular weight is 265 g/mol. The molecule has 0 fully saturated rings. The summed E-state index contributed by atoms with van der Waals surface area (Å²) in [4.78, 5) is 13.5. The van der Waals surface area contributed by atoms with Crippen LogP contribution in [0.3, 0.4) is 0 Å². The van der Waals surface area contributed by atoms with Crippen LogP contribution in [-0.2, 0) is 6.42 Å². The molecular weight excluding hydrogens is 238 g/mol. The largest absolute Gasteiger partial charge is 0.370 e. The SMILES string of the molecule is CCNc1cc(N(C)CCCN(C)C)nc(CC)n1. The molecule has 5 nitrogen and oxygen atoms in total. The Hall–Kier alpha value is -1.36. The number of nitrogens with one attached hydrogen (secondary N) is 1. The van der Waals surface area contributed by atoms with Gasteiger partial charge in [-0.25, -0.2) is 9.97 Å². The molecule has 0 bridgehead atoms. The van der Waals surface area contributed by atoms with Gasteiger partial charge in [-0.1, -0.05) is 6.92 Å². The third-order valence-electron chi connectivity index (χ3n) is 2.92. The topological polar surface area (TPSA) is 44.3 Å². The van der Waals surface area contributed by atoms with Crippen LogP contribution in [-0.4, -0.2) is 55.6 Å². The van der Waals surface area contributed by atoms with Gasteiger partial charge >= 0.3 is 0 Å². The first kappa shape index (κ1) is 15.7. The molecule has 19 heavy (non-hydrogen) atoms. The molecule has 0 aliphatic rings. The number of hydrogen-bond donors (Lipinski definition) is 1. The second-order valence-corrected chi connectivity index (χ2v) is 4.99. The maximum atomic E-state index is 4.59. The van der Waals surface area contributed by atoms with Gasteiger partial charge in [0.15, 0.2) is 0 Å². The second kappa shape index (κ2) is 7.94. The molecule has 0 saturated carbocycles. The first-order valence-corrected chi connectivity index (χ1v) is 7.04. The van der Waals surface area contributed by atoms with Gasteiger partial charge in [0.25, 0.3) is 0 Å². The summed E-state index contributed by atoms with van der Waals surface area (Å²) in [5.74, 6) is 2.82. The van der Waals surface area contributed by atoms with Crippen LogP contribution >= 0.6 is 0 Å². The molecule has 1 heterocycles. The summed E-state index contributed by atoms with van der Waals surface area (Å²) >= 11 is 0. The minimum atomic E-state index is 0.859. The fourth-order valence-corrected chi connectivity index (χ4v) is 1.85. The van der Waals surface area contributed by atoms with Gasteiger partial charge in [-0.05, 0) is 34.0 Å². The summed E-state index contributed by atoms with van der Waals surface area (Å²) in [5, 5.41) is 3.27. The zero-order chi connectivity index (χ0) is 14.3. The Balaban J connectivity index is 2.71. The van der Waals surface area contributed by atoms with Gasteiger partial charge in [0.05, 0.1) is 0 Å². The molecule has 1 rings (SSSR count). The van der Waals surface area contributed by atoms with E-state index in [0.717, 1.165) is 49.9 Å². The van der Waals surface area contributed by atoms with E-state index in [1.165, 1.54) is 0 Å². The van der Waals surface area contributed by atoms with E-state index in [1.807, 2.05) is 6.07 Å². The number of hydrogen-bond acceptors (Lipinski definition) is 5. The fraction of sp³-hybridized carbons (Fsp3) is 0.714. The number of nitrogens with zero attached hydrogens (tertiary/aromatic N) is 4. The quantitative estimate of drug-likeness (QED) is 0.777. The molecule has 0 unspecified atom stereocenters. The van der Waals surface area contributed by atoms with Crippen molar-refractivity contribution in [2.75, 3.05) is 51.0 Å². The second-order valence-electron chi connectivity index (χ2n) is 4.99. The molecule has 0 amide bonds. The molecule has 0 aliphatic carbocycles. The van der Waals surface area contributed by atoms with Gasteiger partial charge in [-0.2, -0.15) is 0 Å². The van der Waals surface area contributed by atoms with Crippen molar-refractivity contribution in [1.29, 1.82) is 0 Å². The highest BCUT2D eigenvalue weighted by molar-refractivity contribution is 5.48. The third kappa shape index (κ3) is 5.42. The van der Waals surface area contributed by atoms with Crippen molar-refractivity contribution >= 4 is 11.6 Å². The summed E-state index contributed by atoms with van der Waals surface area (Å²) in [6, 6.07) is 2.03. The fourth-order valence-electron chi connectivity index (χ4n) is 1.85. The Morgan fingerprint density at radius 3 is 2.42 bits per heavy atom. The molecule has 1 aromatic heterocycles. The van der Waals surface area contributed by atoms with E-state index < -0.39 is 0 Å². The van der Waals surface area contributed by atoms with Crippen LogP contribution in [0.15, 0.2) is 6.07 Å². The van der Waals surface area contributed by atoms with E-state index in [4.69, 9.17) is 0 Å². The predicted molar refractivity (Wildman–Crippen MR) is 82.0 cm³/mol. The molecule has 1 N–H and O–H groups in total. The van der Waals surface area contributed by atoms with E-state index in [0.29, 0.717) is 0 Å². The Bertz CT molecular complexity index is 378. The van der Waals surface area contributed by atoms with Crippen molar-refractivity contribution in [3.8, 4) is 0 Å². The molecular formula is C14H27N5. The number of aryl methyl sites for hydroxylation is 1. The van der Waals surface area contributed by atoms with E-state index in [2.05, 4.69) is 60.1 Å². The smallest absolute Gasteiger partial charge is 0.134 e. The standard InChI is InChI=1S/C14H27N5/c1-6-12-16-13(15-7-2)11-14(17-12)19(5)10-8-9-18(3)4/h11H,6-10H2,1-5H3,(H,15,16,17). The van der Waals surface area contributed by atoms with Gasteiger partial charge in [0, 0.05) is 32.6 Å². The lowest BCUT2D eigenvalue weighted by molar-refractivity contribution is 0.401. The lowest BCUT2D eigenvalue weighted by Gasteiger charge is -2.20. The molecule has 0 spiro atoms. The van der Waals surface area contributed by atoms with Gasteiger partial charge in [0.2, 0.25) is 0 Å². The summed E-state index contributed by atoms with van der Waals surface area (Å²) in [5.41, 5.74) is 0. The van der Waals surface area contributed by atoms with Crippen molar-refractivity contribution in [3.63, 3.8) is 0 Å². The highest BCUT2D eigenvalue weighted by atomic mass is 15.2. The zero-order valence-electron chi connectivity index (χ0n) is 12.9. The van der Waals surface area contributed by atoms with E-state index in [1.54, 1.807) is 0 Å². The highest BCUT2D eigenvalue weighted by Gasteiger charge is 2.07. The number of rotatable bonds is 8. The minimum absolute atomic E-state index is 0.859. The highest BCUT2D eigenvalue weighted by Crippen LogP contribution is 2.15. The summed E-state index contributed by atoms with van der Waals surface area (Å²) in [6.45, 7) is 7.14. The van der Waals surface area contributed by atoms with Crippen molar-refractivity contribution < 1.29 is 0 Å².